The Bertz CT molecular complexity index is 912. The van der Waals surface area contributed by atoms with E-state index in [4.69, 9.17) is 20.7 Å². The highest BCUT2D eigenvalue weighted by atomic mass is 32.2. The Morgan fingerprint density at radius 1 is 1.19 bits per heavy atom. The molecule has 1 aliphatic heterocycles. The number of hydrogen-bond acceptors (Lipinski definition) is 7. The van der Waals surface area contributed by atoms with Gasteiger partial charge in [0.05, 0.1) is 18.4 Å². The number of methoxy groups -OCH3 is 1. The van der Waals surface area contributed by atoms with Gasteiger partial charge in [0.25, 0.3) is 5.91 Å². The molecule has 2 aliphatic rings. The lowest BCUT2D eigenvalue weighted by molar-refractivity contribution is -0.134. The van der Waals surface area contributed by atoms with Crippen molar-refractivity contribution in [3.63, 3.8) is 0 Å². The number of carboxylic acid groups (broad SMARTS) is 2. The molecule has 2 fully saturated rings. The number of nitrogens with two attached hydrogens (primary N) is 1. The summed E-state index contributed by atoms with van der Waals surface area (Å²) in [7, 11) is 1.52. The van der Waals surface area contributed by atoms with Crippen molar-refractivity contribution in [1.82, 2.24) is 10.6 Å². The van der Waals surface area contributed by atoms with Crippen molar-refractivity contribution in [2.75, 3.05) is 25.1 Å². The minimum absolute atomic E-state index is 0.0977. The van der Waals surface area contributed by atoms with Crippen LogP contribution in [0, 0.1) is 5.92 Å². The molecule has 1 saturated heterocycles. The number of amides is 1. The fourth-order valence-electron chi connectivity index (χ4n) is 4.65. The molecule has 0 radical (unpaired) electrons. The van der Waals surface area contributed by atoms with Crippen LogP contribution in [0.2, 0.25) is 0 Å². The topological polar surface area (TPSA) is 174 Å². The van der Waals surface area contributed by atoms with Gasteiger partial charge in [-0.25, -0.2) is 9.59 Å². The van der Waals surface area contributed by atoms with Gasteiger partial charge < -0.3 is 35.9 Å². The number of carbonyl (C=O) groups is 3. The van der Waals surface area contributed by atoms with Crippen molar-refractivity contribution in [1.29, 1.82) is 0 Å². The van der Waals surface area contributed by atoms with E-state index in [0.29, 0.717) is 51.8 Å². The lowest BCUT2D eigenvalue weighted by Crippen LogP contribution is -2.48. The zero-order valence-corrected chi connectivity index (χ0v) is 21.6. The Labute approximate surface area is 214 Å². The number of ether oxygens (including phenoxy) is 1. The van der Waals surface area contributed by atoms with Gasteiger partial charge in [-0.3, -0.25) is 4.79 Å². The molecule has 200 valence electrons. The highest BCUT2D eigenvalue weighted by Gasteiger charge is 2.31. The molecule has 0 spiro atoms. The van der Waals surface area contributed by atoms with Gasteiger partial charge in [-0.05, 0) is 49.8 Å². The van der Waals surface area contributed by atoms with Crippen molar-refractivity contribution < 1.29 is 33.9 Å². The SMILES string of the molecule is CC[S+]([O-])c1cc(C(=O)NC(CC2CCCC2)C2CCCN2)c(OC)cc1N.O=C(O)/C=C/C(=O)O. The molecule has 10 nitrogen and oxygen atoms in total. The van der Waals surface area contributed by atoms with Crippen LogP contribution in [0.5, 0.6) is 5.75 Å². The van der Waals surface area contributed by atoms with E-state index in [9.17, 15) is 18.9 Å². The van der Waals surface area contributed by atoms with Gasteiger partial charge in [0.15, 0.2) is 4.90 Å². The van der Waals surface area contributed by atoms with Crippen LogP contribution in [0.1, 0.15) is 62.2 Å². The van der Waals surface area contributed by atoms with Crippen molar-refractivity contribution in [3.8, 4) is 5.75 Å². The number of benzene rings is 1. The Morgan fingerprint density at radius 3 is 2.33 bits per heavy atom. The van der Waals surface area contributed by atoms with Crippen LogP contribution in [-0.2, 0) is 20.8 Å². The van der Waals surface area contributed by atoms with E-state index in [1.165, 1.54) is 32.8 Å². The first-order valence-electron chi connectivity index (χ1n) is 12.2. The van der Waals surface area contributed by atoms with Crippen LogP contribution in [0.3, 0.4) is 0 Å². The minimum Gasteiger partial charge on any atom is -0.611 e. The summed E-state index contributed by atoms with van der Waals surface area (Å²) in [6, 6.07) is 3.66. The van der Waals surface area contributed by atoms with E-state index in [1.54, 1.807) is 12.1 Å². The molecule has 1 saturated carbocycles. The summed E-state index contributed by atoms with van der Waals surface area (Å²) in [6.07, 6.45) is 9.45. The molecule has 1 aliphatic carbocycles. The minimum atomic E-state index is -1.26. The molecule has 11 heteroatoms. The van der Waals surface area contributed by atoms with E-state index < -0.39 is 23.1 Å². The van der Waals surface area contributed by atoms with Gasteiger partial charge in [-0.15, -0.1) is 0 Å². The Morgan fingerprint density at radius 2 is 1.83 bits per heavy atom. The molecular formula is C25H37N3O7S. The first-order chi connectivity index (χ1) is 17.2. The number of rotatable bonds is 10. The maximum atomic E-state index is 13.2. The molecule has 6 N–H and O–H groups in total. The van der Waals surface area contributed by atoms with Crippen LogP contribution in [0.4, 0.5) is 5.69 Å². The Kier molecular flexibility index (Phi) is 12.0. The van der Waals surface area contributed by atoms with Crippen LogP contribution >= 0.6 is 0 Å². The molecule has 3 rings (SSSR count). The first kappa shape index (κ1) is 29.5. The maximum absolute atomic E-state index is 13.2. The monoisotopic (exact) mass is 523 g/mol. The second kappa shape index (κ2) is 14.7. The molecular weight excluding hydrogens is 486 g/mol. The molecule has 1 aromatic carbocycles. The third-order valence-electron chi connectivity index (χ3n) is 6.42. The second-order valence-electron chi connectivity index (χ2n) is 8.90. The lowest BCUT2D eigenvalue weighted by atomic mass is 9.92. The summed E-state index contributed by atoms with van der Waals surface area (Å²) >= 11 is -1.23. The first-order valence-corrected chi connectivity index (χ1v) is 13.5. The van der Waals surface area contributed by atoms with Crippen LogP contribution < -0.4 is 21.1 Å². The van der Waals surface area contributed by atoms with E-state index in [-0.39, 0.29) is 11.9 Å². The van der Waals surface area contributed by atoms with Gasteiger partial charge in [0, 0.05) is 36.4 Å². The van der Waals surface area contributed by atoms with Crippen molar-refractivity contribution in [2.45, 2.75) is 68.8 Å². The van der Waals surface area contributed by atoms with E-state index in [0.717, 1.165) is 25.8 Å². The summed E-state index contributed by atoms with van der Waals surface area (Å²) in [4.78, 5) is 32.8. The smallest absolute Gasteiger partial charge is 0.328 e. The molecule has 3 unspecified atom stereocenters. The molecule has 0 aromatic heterocycles. The standard InChI is InChI=1S/C21H33N3O3S.C4H4O4/c1-3-28(26)20-12-15(19(27-2)13-16(20)22)21(25)24-18(17-9-6-10-23-17)11-14-7-4-5-8-14;5-3(6)1-2-4(7)8/h12-14,17-18,23H,3-11,22H2,1-2H3,(H,24,25);1-2H,(H,5,6)(H,7,8)/b;2-1+. The number of nitrogens with one attached hydrogen (secondary N) is 2. The fourth-order valence-corrected chi connectivity index (χ4v) is 5.53. The van der Waals surface area contributed by atoms with E-state index >= 15 is 0 Å². The predicted octanol–water partition coefficient (Wildman–Crippen LogP) is 2.55. The highest BCUT2D eigenvalue weighted by Crippen LogP contribution is 2.32. The number of hydrogen-bond donors (Lipinski definition) is 5. The Hall–Kier alpha value is -2.76. The molecule has 1 heterocycles. The summed E-state index contributed by atoms with van der Waals surface area (Å²) in [5.41, 5.74) is 6.84. The summed E-state index contributed by atoms with van der Waals surface area (Å²) in [5.74, 6) is -1.13. The summed E-state index contributed by atoms with van der Waals surface area (Å²) < 4.78 is 17.7. The lowest BCUT2D eigenvalue weighted by Gasteiger charge is -2.28. The molecule has 1 aromatic rings. The van der Waals surface area contributed by atoms with Crippen LogP contribution in [0.25, 0.3) is 0 Å². The quantitative estimate of drug-likeness (QED) is 0.175. The van der Waals surface area contributed by atoms with Crippen LogP contribution in [-0.4, -0.2) is 64.1 Å². The highest BCUT2D eigenvalue weighted by molar-refractivity contribution is 7.91. The Balaban J connectivity index is 0.000000493. The number of aliphatic carboxylic acids is 2. The summed E-state index contributed by atoms with van der Waals surface area (Å²) in [6.45, 7) is 2.84. The average molecular weight is 524 g/mol. The second-order valence-corrected chi connectivity index (χ2v) is 10.6. The number of carbonyl (C=O) groups excluding carboxylic acids is 1. The maximum Gasteiger partial charge on any atom is 0.328 e. The molecule has 0 bridgehead atoms. The number of nitrogen functional groups attached to an aromatic ring is 1. The molecule has 1 amide bonds. The predicted molar refractivity (Wildman–Crippen MR) is 138 cm³/mol. The van der Waals surface area contributed by atoms with Crippen LogP contribution in [0.15, 0.2) is 29.2 Å². The zero-order chi connectivity index (χ0) is 26.7. The van der Waals surface area contributed by atoms with Gasteiger partial charge in [0.2, 0.25) is 0 Å². The average Bonchev–Trinajstić information content (AvgIpc) is 3.56. The normalized spacial score (nSPS) is 19.4. The van der Waals surface area contributed by atoms with Gasteiger partial charge >= 0.3 is 11.9 Å². The van der Waals surface area contributed by atoms with Gasteiger partial charge in [-0.2, -0.15) is 0 Å². The number of carboxylic acids is 2. The molecule has 3 atom stereocenters. The fraction of sp³-hybridized carbons (Fsp3) is 0.560. The summed E-state index contributed by atoms with van der Waals surface area (Å²) in [5, 5.41) is 22.4. The van der Waals surface area contributed by atoms with Gasteiger partial charge in [-0.1, -0.05) is 25.7 Å². The van der Waals surface area contributed by atoms with Crippen molar-refractivity contribution >= 4 is 34.7 Å². The zero-order valence-electron chi connectivity index (χ0n) is 20.8. The van der Waals surface area contributed by atoms with E-state index in [1.807, 2.05) is 6.92 Å². The van der Waals surface area contributed by atoms with Crippen molar-refractivity contribution in [3.05, 3.63) is 29.8 Å². The largest absolute Gasteiger partial charge is 0.611 e. The number of anilines is 1. The third-order valence-corrected chi connectivity index (χ3v) is 7.78. The third kappa shape index (κ3) is 9.03. The molecule has 36 heavy (non-hydrogen) atoms. The van der Waals surface area contributed by atoms with Gasteiger partial charge in [0.1, 0.15) is 11.5 Å². The van der Waals surface area contributed by atoms with Crippen molar-refractivity contribution in [2.24, 2.45) is 5.92 Å². The van der Waals surface area contributed by atoms with E-state index in [2.05, 4.69) is 10.6 Å².